The molecule has 1 aromatic rings. The van der Waals surface area contributed by atoms with Gasteiger partial charge in [-0.15, -0.1) is 11.3 Å². The Labute approximate surface area is 128 Å². The standard InChI is InChI=1S/C13H19NO5S2/c1-10(13(15)16)21(17,18)14(8-11-4-2-6-19-11)9-12-5-3-7-20-12/h3,5,7,10-11H,2,4,6,8-9H2,1H3,(H,15,16). The van der Waals surface area contributed by atoms with E-state index in [-0.39, 0.29) is 19.2 Å². The van der Waals surface area contributed by atoms with E-state index in [0.29, 0.717) is 6.61 Å². The largest absolute Gasteiger partial charge is 0.480 e. The van der Waals surface area contributed by atoms with Crippen LogP contribution in [0.25, 0.3) is 0 Å². The molecule has 8 heteroatoms. The van der Waals surface area contributed by atoms with E-state index in [1.807, 2.05) is 17.5 Å². The second kappa shape index (κ2) is 6.87. The highest BCUT2D eigenvalue weighted by molar-refractivity contribution is 7.90. The summed E-state index contributed by atoms with van der Waals surface area (Å²) < 4.78 is 31.7. The third kappa shape index (κ3) is 4.03. The minimum Gasteiger partial charge on any atom is -0.480 e. The third-order valence-electron chi connectivity index (χ3n) is 3.50. The Kier molecular flexibility index (Phi) is 5.37. The SMILES string of the molecule is CC(C(=O)O)S(=O)(=O)N(Cc1cccs1)CC1CCCO1. The molecule has 2 heterocycles. The van der Waals surface area contributed by atoms with Crippen LogP contribution in [-0.2, 0) is 26.1 Å². The van der Waals surface area contributed by atoms with Gasteiger partial charge in [0, 0.05) is 24.6 Å². The molecule has 2 unspecified atom stereocenters. The van der Waals surface area contributed by atoms with E-state index < -0.39 is 21.2 Å². The van der Waals surface area contributed by atoms with Crippen LogP contribution in [0, 0.1) is 0 Å². The van der Waals surface area contributed by atoms with Gasteiger partial charge in [0.2, 0.25) is 10.0 Å². The van der Waals surface area contributed by atoms with Gasteiger partial charge in [0.05, 0.1) is 6.10 Å². The van der Waals surface area contributed by atoms with Crippen LogP contribution in [0.5, 0.6) is 0 Å². The zero-order valence-electron chi connectivity index (χ0n) is 11.8. The van der Waals surface area contributed by atoms with Crippen LogP contribution in [0.3, 0.4) is 0 Å². The Morgan fingerprint density at radius 2 is 2.38 bits per heavy atom. The normalized spacial score (nSPS) is 20.8. The van der Waals surface area contributed by atoms with Crippen LogP contribution in [0.15, 0.2) is 17.5 Å². The van der Waals surface area contributed by atoms with E-state index in [1.54, 1.807) is 0 Å². The lowest BCUT2D eigenvalue weighted by Gasteiger charge is -2.26. The van der Waals surface area contributed by atoms with Crippen LogP contribution in [0.4, 0.5) is 0 Å². The van der Waals surface area contributed by atoms with Crippen LogP contribution in [0.2, 0.25) is 0 Å². The Hall–Kier alpha value is -0.960. The first kappa shape index (κ1) is 16.4. The number of ether oxygens (including phenoxy) is 1. The highest BCUT2D eigenvalue weighted by Gasteiger charge is 2.36. The quantitative estimate of drug-likeness (QED) is 0.818. The molecule has 1 aliphatic rings. The Morgan fingerprint density at radius 3 is 2.90 bits per heavy atom. The van der Waals surface area contributed by atoms with E-state index in [4.69, 9.17) is 9.84 Å². The van der Waals surface area contributed by atoms with E-state index in [0.717, 1.165) is 17.7 Å². The molecule has 1 aromatic heterocycles. The lowest BCUT2D eigenvalue weighted by molar-refractivity contribution is -0.136. The van der Waals surface area contributed by atoms with Gasteiger partial charge in [-0.25, -0.2) is 8.42 Å². The number of thiophene rings is 1. The van der Waals surface area contributed by atoms with Crippen molar-refractivity contribution in [3.05, 3.63) is 22.4 Å². The molecule has 2 atom stereocenters. The van der Waals surface area contributed by atoms with Crippen molar-refractivity contribution < 1.29 is 23.1 Å². The Bertz CT molecular complexity index is 563. The summed E-state index contributed by atoms with van der Waals surface area (Å²) in [6.07, 6.45) is 1.56. The van der Waals surface area contributed by atoms with Gasteiger partial charge in [-0.1, -0.05) is 6.07 Å². The van der Waals surface area contributed by atoms with Crippen molar-refractivity contribution in [1.29, 1.82) is 0 Å². The number of carboxylic acid groups (broad SMARTS) is 1. The van der Waals surface area contributed by atoms with Gasteiger partial charge in [-0.3, -0.25) is 4.79 Å². The third-order valence-corrected chi connectivity index (χ3v) is 6.45. The predicted octanol–water partition coefficient (Wildman–Crippen LogP) is 1.53. The van der Waals surface area contributed by atoms with Crippen LogP contribution in [0.1, 0.15) is 24.6 Å². The van der Waals surface area contributed by atoms with Gasteiger partial charge in [0.15, 0.2) is 5.25 Å². The van der Waals surface area contributed by atoms with Gasteiger partial charge < -0.3 is 9.84 Å². The van der Waals surface area contributed by atoms with E-state index >= 15 is 0 Å². The summed E-state index contributed by atoms with van der Waals surface area (Å²) in [6, 6.07) is 3.69. The summed E-state index contributed by atoms with van der Waals surface area (Å²) in [4.78, 5) is 11.9. The van der Waals surface area contributed by atoms with Gasteiger partial charge >= 0.3 is 5.97 Å². The summed E-state index contributed by atoms with van der Waals surface area (Å²) in [5.41, 5.74) is 0. The fourth-order valence-corrected chi connectivity index (χ4v) is 4.40. The smallest absolute Gasteiger partial charge is 0.323 e. The van der Waals surface area contributed by atoms with E-state index in [1.165, 1.54) is 22.6 Å². The number of aliphatic carboxylic acids is 1. The molecule has 0 saturated carbocycles. The first-order chi connectivity index (χ1) is 9.91. The fraction of sp³-hybridized carbons (Fsp3) is 0.615. The predicted molar refractivity (Wildman–Crippen MR) is 79.7 cm³/mol. The van der Waals surface area contributed by atoms with Crippen molar-refractivity contribution >= 4 is 27.3 Å². The van der Waals surface area contributed by atoms with Crippen molar-refractivity contribution in [2.24, 2.45) is 0 Å². The molecule has 0 bridgehead atoms. The number of sulfonamides is 1. The van der Waals surface area contributed by atoms with Gasteiger partial charge in [0.1, 0.15) is 0 Å². The summed E-state index contributed by atoms with van der Waals surface area (Å²) in [6.45, 7) is 2.23. The molecule has 21 heavy (non-hydrogen) atoms. The molecule has 0 amide bonds. The molecule has 0 spiro atoms. The Balaban J connectivity index is 2.19. The number of nitrogens with zero attached hydrogens (tertiary/aromatic N) is 1. The van der Waals surface area contributed by atoms with Gasteiger partial charge in [-0.2, -0.15) is 4.31 Å². The number of hydrogen-bond acceptors (Lipinski definition) is 5. The highest BCUT2D eigenvalue weighted by atomic mass is 32.2. The molecular weight excluding hydrogens is 314 g/mol. The molecule has 1 N–H and O–H groups in total. The van der Waals surface area contributed by atoms with E-state index in [9.17, 15) is 13.2 Å². The molecule has 1 aliphatic heterocycles. The summed E-state index contributed by atoms with van der Waals surface area (Å²) in [5, 5.41) is 9.43. The zero-order chi connectivity index (χ0) is 15.5. The molecule has 1 fully saturated rings. The van der Waals surface area contributed by atoms with Crippen LogP contribution < -0.4 is 0 Å². The zero-order valence-corrected chi connectivity index (χ0v) is 13.4. The first-order valence-corrected chi connectivity index (χ1v) is 9.15. The number of carbonyl (C=O) groups is 1. The summed E-state index contributed by atoms with van der Waals surface area (Å²) >= 11 is 1.45. The molecule has 0 aliphatic carbocycles. The molecule has 1 saturated heterocycles. The number of rotatable bonds is 7. The molecule has 118 valence electrons. The maximum absolute atomic E-state index is 12.5. The monoisotopic (exact) mass is 333 g/mol. The van der Waals surface area contributed by atoms with Crippen molar-refractivity contribution in [2.45, 2.75) is 37.7 Å². The van der Waals surface area contributed by atoms with Crippen LogP contribution >= 0.6 is 11.3 Å². The molecule has 2 rings (SSSR count). The number of carboxylic acids is 1. The number of hydrogen-bond donors (Lipinski definition) is 1. The lowest BCUT2D eigenvalue weighted by Crippen LogP contribution is -2.43. The summed E-state index contributed by atoms with van der Waals surface area (Å²) in [7, 11) is -3.90. The minimum atomic E-state index is -3.90. The van der Waals surface area contributed by atoms with E-state index in [2.05, 4.69) is 0 Å². The second-order valence-electron chi connectivity index (χ2n) is 5.03. The average molecular weight is 333 g/mol. The van der Waals surface area contributed by atoms with Gasteiger partial charge in [0.25, 0.3) is 0 Å². The topological polar surface area (TPSA) is 83.9 Å². The highest BCUT2D eigenvalue weighted by Crippen LogP contribution is 2.21. The summed E-state index contributed by atoms with van der Waals surface area (Å²) in [5.74, 6) is -1.33. The van der Waals surface area contributed by atoms with Crippen molar-refractivity contribution in [3.8, 4) is 0 Å². The van der Waals surface area contributed by atoms with Crippen molar-refractivity contribution in [2.75, 3.05) is 13.2 Å². The Morgan fingerprint density at radius 1 is 1.62 bits per heavy atom. The molecule has 6 nitrogen and oxygen atoms in total. The van der Waals surface area contributed by atoms with Gasteiger partial charge in [-0.05, 0) is 31.2 Å². The van der Waals surface area contributed by atoms with Crippen LogP contribution in [-0.4, -0.2) is 48.3 Å². The fourth-order valence-electron chi connectivity index (χ4n) is 2.20. The maximum Gasteiger partial charge on any atom is 0.323 e. The van der Waals surface area contributed by atoms with Crippen molar-refractivity contribution in [3.63, 3.8) is 0 Å². The van der Waals surface area contributed by atoms with Crippen molar-refractivity contribution in [1.82, 2.24) is 4.31 Å². The minimum absolute atomic E-state index is 0.152. The lowest BCUT2D eigenvalue weighted by atomic mass is 10.2. The molecule has 0 aromatic carbocycles. The second-order valence-corrected chi connectivity index (χ2v) is 8.32. The molecule has 0 radical (unpaired) electrons. The molecular formula is C13H19NO5S2. The maximum atomic E-state index is 12.5. The first-order valence-electron chi connectivity index (χ1n) is 6.77. The average Bonchev–Trinajstić information content (AvgIpc) is 3.10.